The first-order chi connectivity index (χ1) is 9.51. The van der Waals surface area contributed by atoms with Crippen LogP contribution in [-0.2, 0) is 4.74 Å². The van der Waals surface area contributed by atoms with Gasteiger partial charge in [0.2, 0.25) is 11.2 Å². The van der Waals surface area contributed by atoms with E-state index in [0.29, 0.717) is 11.2 Å². The molecule has 20 heavy (non-hydrogen) atoms. The molecule has 1 fully saturated rings. The summed E-state index contributed by atoms with van der Waals surface area (Å²) in [4.78, 5) is 11.9. The minimum Gasteiger partial charge on any atom is -0.394 e. The number of anilines is 1. The second-order valence-electron chi connectivity index (χ2n) is 4.41. The number of fused-ring (bicyclic) bond motifs is 1. The van der Waals surface area contributed by atoms with E-state index in [-0.39, 0.29) is 29.4 Å². The lowest BCUT2D eigenvalue weighted by molar-refractivity contribution is -0.0431. The van der Waals surface area contributed by atoms with Gasteiger partial charge in [0, 0.05) is 6.42 Å². The third-order valence-corrected chi connectivity index (χ3v) is 3.67. The van der Waals surface area contributed by atoms with E-state index in [0.717, 1.165) is 0 Å². The van der Waals surface area contributed by atoms with Crippen molar-refractivity contribution in [3.05, 3.63) is 10.4 Å². The van der Waals surface area contributed by atoms with E-state index in [1.54, 1.807) is 0 Å². The Morgan fingerprint density at radius 1 is 1.35 bits per heavy atom. The smallest absolute Gasteiger partial charge is 0.223 e. The summed E-state index contributed by atoms with van der Waals surface area (Å²) in [6.45, 7) is -0.292. The lowest BCUT2D eigenvalue weighted by Crippen LogP contribution is -2.24. The average Bonchev–Trinajstić information content (AvgIpc) is 2.89. The summed E-state index contributed by atoms with van der Waals surface area (Å²) in [5.74, 6) is -0.0161. The van der Waals surface area contributed by atoms with Crippen molar-refractivity contribution in [1.82, 2.24) is 19.5 Å². The molecule has 1 saturated heterocycles. The van der Waals surface area contributed by atoms with E-state index in [4.69, 9.17) is 38.8 Å². The highest BCUT2D eigenvalue weighted by atomic mass is 35.5. The summed E-state index contributed by atoms with van der Waals surface area (Å²) in [6, 6.07) is 0. The Kier molecular flexibility index (Phi) is 3.43. The molecule has 8 nitrogen and oxygen atoms in total. The Hall–Kier alpha value is -1.19. The number of ether oxygens (including phenoxy) is 1. The molecular formula is C10H11Cl2N5O3. The molecule has 1 aliphatic heterocycles. The number of rotatable bonds is 2. The van der Waals surface area contributed by atoms with Gasteiger partial charge >= 0.3 is 0 Å². The first-order valence-electron chi connectivity index (χ1n) is 5.82. The number of hydrogen-bond acceptors (Lipinski definition) is 7. The minimum atomic E-state index is -0.798. The molecule has 108 valence electrons. The summed E-state index contributed by atoms with van der Waals surface area (Å²) >= 11 is 12.0. The Morgan fingerprint density at radius 2 is 2.10 bits per heavy atom. The Labute approximate surface area is 123 Å². The van der Waals surface area contributed by atoms with Gasteiger partial charge < -0.3 is 20.7 Å². The highest BCUT2D eigenvalue weighted by Gasteiger charge is 2.36. The first-order valence-corrected chi connectivity index (χ1v) is 6.57. The molecule has 0 bridgehead atoms. The molecular weight excluding hydrogens is 309 g/mol. The number of nitrogens with zero attached hydrogens (tertiary/aromatic N) is 4. The van der Waals surface area contributed by atoms with E-state index in [1.165, 1.54) is 4.57 Å². The van der Waals surface area contributed by atoms with Crippen molar-refractivity contribution in [1.29, 1.82) is 0 Å². The van der Waals surface area contributed by atoms with Crippen LogP contribution in [0.25, 0.3) is 11.2 Å². The summed E-state index contributed by atoms with van der Waals surface area (Å²) in [5.41, 5.74) is 6.19. The van der Waals surface area contributed by atoms with Gasteiger partial charge in [0.05, 0.1) is 12.7 Å². The second kappa shape index (κ2) is 4.97. The lowest BCUT2D eigenvalue weighted by atomic mass is 10.2. The van der Waals surface area contributed by atoms with Gasteiger partial charge in [-0.05, 0) is 11.6 Å². The van der Waals surface area contributed by atoms with Gasteiger partial charge in [-0.3, -0.25) is 4.57 Å². The number of halogens is 2. The minimum absolute atomic E-state index is 0.0161. The molecule has 0 unspecified atom stereocenters. The standard InChI is InChI=1S/C10H11Cl2N5O3/c11-7-6-8(16-10(13)15-7)17(9(12)14-6)5-1-3(19)4(2-18)20-5/h3-5,18-19H,1-2H2,(H2,13,15,16)/t3-,4+,5-/m1/s1. The molecule has 0 saturated carbocycles. The topological polar surface area (TPSA) is 119 Å². The monoisotopic (exact) mass is 319 g/mol. The number of nitrogens with two attached hydrogens (primary N) is 1. The Morgan fingerprint density at radius 3 is 2.75 bits per heavy atom. The van der Waals surface area contributed by atoms with E-state index >= 15 is 0 Å². The van der Waals surface area contributed by atoms with Crippen LogP contribution in [-0.4, -0.2) is 48.5 Å². The van der Waals surface area contributed by atoms with Crippen molar-refractivity contribution in [3.8, 4) is 0 Å². The predicted molar refractivity (Wildman–Crippen MR) is 71.4 cm³/mol. The maximum Gasteiger partial charge on any atom is 0.223 e. The van der Waals surface area contributed by atoms with Crippen LogP contribution in [0.2, 0.25) is 10.4 Å². The summed E-state index contributed by atoms with van der Waals surface area (Å²) < 4.78 is 7.00. The molecule has 2 aromatic heterocycles. The van der Waals surface area contributed by atoms with Crippen LogP contribution in [0.4, 0.5) is 5.95 Å². The molecule has 3 rings (SSSR count). The third-order valence-electron chi connectivity index (χ3n) is 3.14. The van der Waals surface area contributed by atoms with Gasteiger partial charge in [-0.1, -0.05) is 11.6 Å². The second-order valence-corrected chi connectivity index (χ2v) is 5.11. The van der Waals surface area contributed by atoms with Crippen molar-refractivity contribution in [2.24, 2.45) is 0 Å². The molecule has 2 aromatic rings. The van der Waals surface area contributed by atoms with Crippen molar-refractivity contribution < 1.29 is 14.9 Å². The fourth-order valence-electron chi connectivity index (χ4n) is 2.22. The van der Waals surface area contributed by atoms with Gasteiger partial charge in [0.25, 0.3) is 0 Å². The van der Waals surface area contributed by atoms with Gasteiger partial charge in [-0.15, -0.1) is 0 Å². The molecule has 0 amide bonds. The first kappa shape index (κ1) is 13.8. The largest absolute Gasteiger partial charge is 0.394 e. The number of aliphatic hydroxyl groups excluding tert-OH is 2. The van der Waals surface area contributed by atoms with Crippen LogP contribution < -0.4 is 5.73 Å². The highest BCUT2D eigenvalue weighted by molar-refractivity contribution is 6.34. The quantitative estimate of drug-likeness (QED) is 0.540. The average molecular weight is 320 g/mol. The number of imidazole rings is 1. The normalized spacial score (nSPS) is 26.5. The summed E-state index contributed by atoms with van der Waals surface area (Å²) in [5, 5.41) is 19.1. The van der Waals surface area contributed by atoms with Crippen LogP contribution in [0.1, 0.15) is 12.6 Å². The van der Waals surface area contributed by atoms with E-state index in [2.05, 4.69) is 15.0 Å². The Balaban J connectivity index is 2.10. The van der Waals surface area contributed by atoms with Gasteiger partial charge in [0.1, 0.15) is 17.8 Å². The molecule has 1 aliphatic rings. The number of aromatic nitrogens is 4. The van der Waals surface area contributed by atoms with Crippen molar-refractivity contribution in [2.45, 2.75) is 24.9 Å². The van der Waals surface area contributed by atoms with Crippen LogP contribution in [0, 0.1) is 0 Å². The lowest BCUT2D eigenvalue weighted by Gasteiger charge is -2.14. The molecule has 0 aliphatic carbocycles. The number of nitrogen functional groups attached to an aromatic ring is 1. The summed E-state index contributed by atoms with van der Waals surface area (Å²) in [7, 11) is 0. The SMILES string of the molecule is Nc1nc(Cl)c2nc(Cl)n([C@H]3C[C@@H](O)[C@H](CO)O3)c2n1. The maximum atomic E-state index is 9.78. The van der Waals surface area contributed by atoms with E-state index in [1.807, 2.05) is 0 Å². The third kappa shape index (κ3) is 2.09. The molecule has 3 atom stereocenters. The molecule has 0 aromatic carbocycles. The zero-order valence-electron chi connectivity index (χ0n) is 10.1. The fourth-order valence-corrected chi connectivity index (χ4v) is 2.71. The maximum absolute atomic E-state index is 9.78. The van der Waals surface area contributed by atoms with Crippen molar-refractivity contribution >= 4 is 40.3 Å². The van der Waals surface area contributed by atoms with Crippen LogP contribution >= 0.6 is 23.2 Å². The highest BCUT2D eigenvalue weighted by Crippen LogP contribution is 2.35. The van der Waals surface area contributed by atoms with Crippen molar-refractivity contribution in [3.63, 3.8) is 0 Å². The molecule has 3 heterocycles. The van der Waals surface area contributed by atoms with Crippen LogP contribution in [0.5, 0.6) is 0 Å². The van der Waals surface area contributed by atoms with E-state index < -0.39 is 18.4 Å². The summed E-state index contributed by atoms with van der Waals surface area (Å²) in [6.07, 6.45) is -1.83. The fraction of sp³-hybridized carbons (Fsp3) is 0.500. The van der Waals surface area contributed by atoms with Gasteiger partial charge in [-0.2, -0.15) is 9.97 Å². The number of hydrogen-bond donors (Lipinski definition) is 3. The zero-order chi connectivity index (χ0) is 14.4. The van der Waals surface area contributed by atoms with E-state index in [9.17, 15) is 5.11 Å². The molecule has 0 radical (unpaired) electrons. The molecule has 4 N–H and O–H groups in total. The van der Waals surface area contributed by atoms with Gasteiger partial charge in [0.15, 0.2) is 10.8 Å². The van der Waals surface area contributed by atoms with Crippen LogP contribution in [0.3, 0.4) is 0 Å². The van der Waals surface area contributed by atoms with Crippen LogP contribution in [0.15, 0.2) is 0 Å². The Bertz CT molecular complexity index is 664. The molecule has 0 spiro atoms. The van der Waals surface area contributed by atoms with Gasteiger partial charge in [-0.25, -0.2) is 4.98 Å². The predicted octanol–water partition coefficient (Wildman–Crippen LogP) is 0.356. The zero-order valence-corrected chi connectivity index (χ0v) is 11.6. The molecule has 10 heteroatoms. The van der Waals surface area contributed by atoms with Crippen molar-refractivity contribution in [2.75, 3.05) is 12.3 Å². The number of aliphatic hydroxyl groups is 2.